The third-order valence-electron chi connectivity index (χ3n) is 2.27. The molecule has 0 bridgehead atoms. The van der Waals surface area contributed by atoms with E-state index in [0.29, 0.717) is 6.54 Å². The molecule has 2 rings (SSSR count). The van der Waals surface area contributed by atoms with Crippen molar-refractivity contribution in [3.05, 3.63) is 34.8 Å². The minimum Gasteiger partial charge on any atom is -0.496 e. The first kappa shape index (κ1) is 10.9. The third-order valence-corrected chi connectivity index (χ3v) is 2.83. The van der Waals surface area contributed by atoms with Gasteiger partial charge in [-0.1, -0.05) is 4.49 Å². The van der Waals surface area contributed by atoms with Crippen LogP contribution in [0.1, 0.15) is 11.3 Å². The molecular weight excluding hydrogens is 222 g/mol. The van der Waals surface area contributed by atoms with Gasteiger partial charge in [-0.05, 0) is 42.2 Å². The van der Waals surface area contributed by atoms with Gasteiger partial charge < -0.3 is 10.1 Å². The first-order valence-electron chi connectivity index (χ1n) is 4.94. The van der Waals surface area contributed by atoms with Gasteiger partial charge in [0.05, 0.1) is 19.3 Å². The number of hydrogen-bond donors (Lipinski definition) is 1. The normalized spacial score (nSPS) is 10.1. The van der Waals surface area contributed by atoms with Gasteiger partial charge in [0.25, 0.3) is 0 Å². The van der Waals surface area contributed by atoms with Crippen molar-refractivity contribution < 1.29 is 4.74 Å². The van der Waals surface area contributed by atoms with E-state index < -0.39 is 0 Å². The number of aryl methyl sites for hydroxylation is 1. The van der Waals surface area contributed by atoms with Gasteiger partial charge in [-0.25, -0.2) is 0 Å². The van der Waals surface area contributed by atoms with Crippen LogP contribution in [0.2, 0.25) is 0 Å². The van der Waals surface area contributed by atoms with Crippen LogP contribution in [0, 0.1) is 6.92 Å². The molecule has 16 heavy (non-hydrogen) atoms. The Morgan fingerprint density at radius 1 is 1.44 bits per heavy atom. The van der Waals surface area contributed by atoms with Gasteiger partial charge in [-0.3, -0.25) is 0 Å². The fraction of sp³-hybridized carbons (Fsp3) is 0.273. The van der Waals surface area contributed by atoms with Crippen molar-refractivity contribution in [2.75, 3.05) is 12.4 Å². The maximum absolute atomic E-state index is 5.20. The predicted molar refractivity (Wildman–Crippen MR) is 65.0 cm³/mol. The Bertz CT molecular complexity index is 456. The SMILES string of the molecule is COc1ccc(NCc2csnn2)cc1C. The van der Waals surface area contributed by atoms with E-state index in [1.54, 1.807) is 7.11 Å². The standard InChI is InChI=1S/C11H13N3OS/c1-8-5-9(3-4-11(8)15-2)12-6-10-7-16-14-13-10/h3-5,7,12H,6H2,1-2H3. The molecule has 0 saturated carbocycles. The Morgan fingerprint density at radius 3 is 2.94 bits per heavy atom. The van der Waals surface area contributed by atoms with Crippen LogP contribution in [-0.2, 0) is 6.54 Å². The van der Waals surface area contributed by atoms with Crippen LogP contribution in [0.3, 0.4) is 0 Å². The number of anilines is 1. The fourth-order valence-corrected chi connectivity index (χ4v) is 1.89. The van der Waals surface area contributed by atoms with E-state index in [0.717, 1.165) is 22.7 Å². The Morgan fingerprint density at radius 2 is 2.31 bits per heavy atom. The second-order valence-electron chi connectivity index (χ2n) is 3.43. The number of hydrogen-bond acceptors (Lipinski definition) is 5. The summed E-state index contributed by atoms with van der Waals surface area (Å²) in [6, 6.07) is 6.00. The molecule has 0 fully saturated rings. The second kappa shape index (κ2) is 4.94. The quantitative estimate of drug-likeness (QED) is 0.884. The highest BCUT2D eigenvalue weighted by Gasteiger charge is 2.00. The van der Waals surface area contributed by atoms with Gasteiger partial charge >= 0.3 is 0 Å². The minimum absolute atomic E-state index is 0.697. The topological polar surface area (TPSA) is 47.0 Å². The molecule has 2 aromatic rings. The zero-order valence-electron chi connectivity index (χ0n) is 9.23. The zero-order valence-corrected chi connectivity index (χ0v) is 10.0. The molecule has 0 atom stereocenters. The first-order valence-corrected chi connectivity index (χ1v) is 5.77. The van der Waals surface area contributed by atoms with Gasteiger partial charge in [0.15, 0.2) is 0 Å². The van der Waals surface area contributed by atoms with Gasteiger partial charge in [0.1, 0.15) is 5.75 Å². The summed E-state index contributed by atoms with van der Waals surface area (Å²) in [4.78, 5) is 0. The summed E-state index contributed by atoms with van der Waals surface area (Å²) >= 11 is 1.36. The number of aromatic nitrogens is 2. The monoisotopic (exact) mass is 235 g/mol. The Hall–Kier alpha value is -1.62. The van der Waals surface area contributed by atoms with Crippen LogP contribution >= 0.6 is 11.5 Å². The van der Waals surface area contributed by atoms with Gasteiger partial charge in [0.2, 0.25) is 0 Å². The molecule has 0 unspecified atom stereocenters. The van der Waals surface area contributed by atoms with E-state index >= 15 is 0 Å². The average molecular weight is 235 g/mol. The third kappa shape index (κ3) is 2.49. The van der Waals surface area contributed by atoms with E-state index in [2.05, 4.69) is 21.0 Å². The molecule has 0 saturated heterocycles. The summed E-state index contributed by atoms with van der Waals surface area (Å²) in [5, 5.41) is 9.19. The number of rotatable bonds is 4. The van der Waals surface area contributed by atoms with Crippen molar-refractivity contribution in [1.82, 2.24) is 9.59 Å². The zero-order chi connectivity index (χ0) is 11.4. The first-order chi connectivity index (χ1) is 7.79. The van der Waals surface area contributed by atoms with E-state index in [1.807, 2.05) is 24.4 Å². The van der Waals surface area contributed by atoms with Crippen LogP contribution in [0.25, 0.3) is 0 Å². The van der Waals surface area contributed by atoms with E-state index in [-0.39, 0.29) is 0 Å². The summed E-state index contributed by atoms with van der Waals surface area (Å²) in [6.07, 6.45) is 0. The van der Waals surface area contributed by atoms with Crippen LogP contribution in [0.15, 0.2) is 23.6 Å². The number of nitrogens with zero attached hydrogens (tertiary/aromatic N) is 2. The number of benzene rings is 1. The van der Waals surface area contributed by atoms with E-state index in [9.17, 15) is 0 Å². The summed E-state index contributed by atoms with van der Waals surface area (Å²) in [5.41, 5.74) is 3.13. The van der Waals surface area contributed by atoms with E-state index in [4.69, 9.17) is 4.74 Å². The fourth-order valence-electron chi connectivity index (χ4n) is 1.44. The number of nitrogens with one attached hydrogen (secondary N) is 1. The Kier molecular flexibility index (Phi) is 3.36. The van der Waals surface area contributed by atoms with Crippen molar-refractivity contribution in [2.24, 2.45) is 0 Å². The van der Waals surface area contributed by atoms with Crippen molar-refractivity contribution in [1.29, 1.82) is 0 Å². The van der Waals surface area contributed by atoms with Crippen LogP contribution < -0.4 is 10.1 Å². The van der Waals surface area contributed by atoms with Crippen molar-refractivity contribution in [3.63, 3.8) is 0 Å². The van der Waals surface area contributed by atoms with E-state index in [1.165, 1.54) is 11.5 Å². The molecular formula is C11H13N3OS. The lowest BCUT2D eigenvalue weighted by Gasteiger charge is -2.08. The molecule has 0 amide bonds. The maximum Gasteiger partial charge on any atom is 0.121 e. The molecule has 1 heterocycles. The van der Waals surface area contributed by atoms with Crippen LogP contribution in [-0.4, -0.2) is 16.7 Å². The lowest BCUT2D eigenvalue weighted by molar-refractivity contribution is 0.412. The second-order valence-corrected chi connectivity index (χ2v) is 4.04. The number of ether oxygens (including phenoxy) is 1. The highest BCUT2D eigenvalue weighted by atomic mass is 32.1. The highest BCUT2D eigenvalue weighted by Crippen LogP contribution is 2.21. The molecule has 1 aromatic carbocycles. The van der Waals surface area contributed by atoms with Crippen LogP contribution in [0.5, 0.6) is 5.75 Å². The molecule has 0 radical (unpaired) electrons. The maximum atomic E-state index is 5.20. The molecule has 0 spiro atoms. The lowest BCUT2D eigenvalue weighted by Crippen LogP contribution is -2.00. The average Bonchev–Trinajstić information content (AvgIpc) is 2.79. The lowest BCUT2D eigenvalue weighted by atomic mass is 10.2. The highest BCUT2D eigenvalue weighted by molar-refractivity contribution is 7.03. The molecule has 5 heteroatoms. The van der Waals surface area contributed by atoms with Crippen LogP contribution in [0.4, 0.5) is 5.69 Å². The van der Waals surface area contributed by atoms with Crippen molar-refractivity contribution in [2.45, 2.75) is 13.5 Å². The molecule has 0 aliphatic carbocycles. The predicted octanol–water partition coefficient (Wildman–Crippen LogP) is 2.47. The molecule has 4 nitrogen and oxygen atoms in total. The van der Waals surface area contributed by atoms with Gasteiger partial charge in [0, 0.05) is 11.1 Å². The largest absolute Gasteiger partial charge is 0.496 e. The summed E-state index contributed by atoms with van der Waals surface area (Å²) < 4.78 is 9.01. The van der Waals surface area contributed by atoms with Crippen molar-refractivity contribution in [3.8, 4) is 5.75 Å². The van der Waals surface area contributed by atoms with Crippen molar-refractivity contribution >= 4 is 17.2 Å². The number of methoxy groups -OCH3 is 1. The smallest absolute Gasteiger partial charge is 0.121 e. The summed E-state index contributed by atoms with van der Waals surface area (Å²) in [7, 11) is 1.68. The molecule has 1 N–H and O–H groups in total. The molecule has 0 aliphatic rings. The molecule has 84 valence electrons. The molecule has 1 aromatic heterocycles. The Balaban J connectivity index is 2.02. The minimum atomic E-state index is 0.697. The summed E-state index contributed by atoms with van der Waals surface area (Å²) in [6.45, 7) is 2.72. The summed E-state index contributed by atoms with van der Waals surface area (Å²) in [5.74, 6) is 0.904. The molecule has 0 aliphatic heterocycles. The van der Waals surface area contributed by atoms with Gasteiger partial charge in [-0.2, -0.15) is 0 Å². The Labute approximate surface area is 98.4 Å². The van der Waals surface area contributed by atoms with Gasteiger partial charge in [-0.15, -0.1) is 5.10 Å².